The van der Waals surface area contributed by atoms with Crippen molar-refractivity contribution in [2.24, 2.45) is 0 Å². The van der Waals surface area contributed by atoms with Crippen LogP contribution in [-0.2, 0) is 11.2 Å². The van der Waals surface area contributed by atoms with Gasteiger partial charge in [-0.05, 0) is 56.5 Å². The number of carbonyl (C=O) groups is 1. The van der Waals surface area contributed by atoms with Crippen LogP contribution in [0.2, 0.25) is 0 Å². The summed E-state index contributed by atoms with van der Waals surface area (Å²) in [6.07, 6.45) is 4.04. The fraction of sp³-hybridized carbons (Fsp3) is 0.258. The Morgan fingerprint density at radius 3 is 2.43 bits per heavy atom. The van der Waals surface area contributed by atoms with Crippen LogP contribution < -0.4 is 19.5 Å². The largest absolute Gasteiger partial charge is 0.496 e. The van der Waals surface area contributed by atoms with Crippen molar-refractivity contribution in [1.82, 2.24) is 5.32 Å². The van der Waals surface area contributed by atoms with Crippen molar-refractivity contribution in [3.63, 3.8) is 0 Å². The Morgan fingerprint density at radius 1 is 1.00 bits per heavy atom. The molecule has 1 heterocycles. The molecule has 6 heteroatoms. The minimum absolute atomic E-state index is 0.162. The van der Waals surface area contributed by atoms with E-state index in [-0.39, 0.29) is 5.91 Å². The molecule has 0 fully saturated rings. The Bertz CT molecular complexity index is 1430. The summed E-state index contributed by atoms with van der Waals surface area (Å²) in [5.41, 5.74) is 6.21. The summed E-state index contributed by atoms with van der Waals surface area (Å²) in [5.74, 6) is 2.13. The van der Waals surface area contributed by atoms with Gasteiger partial charge in [0.2, 0.25) is 5.91 Å². The van der Waals surface area contributed by atoms with Crippen molar-refractivity contribution in [1.29, 1.82) is 0 Å². The van der Waals surface area contributed by atoms with Crippen LogP contribution in [0.5, 0.6) is 17.2 Å². The van der Waals surface area contributed by atoms with Gasteiger partial charge < -0.3 is 23.9 Å². The summed E-state index contributed by atoms with van der Waals surface area (Å²) in [5, 5.41) is 3.92. The Hall–Kier alpha value is -4.19. The molecule has 192 valence electrons. The van der Waals surface area contributed by atoms with Gasteiger partial charge in [0.15, 0.2) is 0 Å². The molecule has 0 spiro atoms. The SMILES string of the molecule is CCOc1c(/C(C)=C/C(=O)NCCc2ccccc2OC)cc2c(-c3ccccc3OC)coc2c1C. The topological polar surface area (TPSA) is 69.9 Å². The number of nitrogens with one attached hydrogen (secondary N) is 1. The van der Waals surface area contributed by atoms with E-state index in [9.17, 15) is 4.79 Å². The summed E-state index contributed by atoms with van der Waals surface area (Å²) < 4.78 is 23.0. The van der Waals surface area contributed by atoms with Crippen molar-refractivity contribution < 1.29 is 23.4 Å². The summed E-state index contributed by atoms with van der Waals surface area (Å²) in [6.45, 7) is 6.84. The molecule has 1 aromatic heterocycles. The number of hydrogen-bond donors (Lipinski definition) is 1. The van der Waals surface area contributed by atoms with Crippen molar-refractivity contribution in [3.05, 3.63) is 83.6 Å². The maximum absolute atomic E-state index is 12.8. The fourth-order valence-electron chi connectivity index (χ4n) is 4.57. The Morgan fingerprint density at radius 2 is 1.70 bits per heavy atom. The number of rotatable bonds is 10. The highest BCUT2D eigenvalue weighted by Crippen LogP contribution is 2.42. The molecule has 4 rings (SSSR count). The molecule has 4 aromatic rings. The molecular weight excluding hydrogens is 466 g/mol. The van der Waals surface area contributed by atoms with Gasteiger partial charge in [-0.2, -0.15) is 0 Å². The summed E-state index contributed by atoms with van der Waals surface area (Å²) in [4.78, 5) is 12.8. The zero-order valence-corrected chi connectivity index (χ0v) is 22.0. The van der Waals surface area contributed by atoms with Crippen LogP contribution >= 0.6 is 0 Å². The van der Waals surface area contributed by atoms with Crippen molar-refractivity contribution in [2.45, 2.75) is 27.2 Å². The molecule has 0 saturated heterocycles. The molecular formula is C31H33NO5. The third-order valence-corrected chi connectivity index (χ3v) is 6.39. The van der Waals surface area contributed by atoms with Crippen molar-refractivity contribution in [3.8, 4) is 28.4 Å². The summed E-state index contributed by atoms with van der Waals surface area (Å²) in [7, 11) is 3.31. The zero-order chi connectivity index (χ0) is 26.4. The molecule has 1 amide bonds. The van der Waals surface area contributed by atoms with Gasteiger partial charge in [0.05, 0.1) is 27.1 Å². The van der Waals surface area contributed by atoms with Gasteiger partial charge in [0.25, 0.3) is 0 Å². The van der Waals surface area contributed by atoms with Gasteiger partial charge in [0, 0.05) is 40.3 Å². The lowest BCUT2D eigenvalue weighted by molar-refractivity contribution is -0.116. The molecule has 0 radical (unpaired) electrons. The van der Waals surface area contributed by atoms with Gasteiger partial charge in [-0.1, -0.05) is 36.4 Å². The number of allylic oxidation sites excluding steroid dienone is 1. The van der Waals surface area contributed by atoms with Gasteiger partial charge in [-0.25, -0.2) is 0 Å². The van der Waals surface area contributed by atoms with Crippen LogP contribution in [0.4, 0.5) is 0 Å². The lowest BCUT2D eigenvalue weighted by Gasteiger charge is -2.15. The average Bonchev–Trinajstić information content (AvgIpc) is 3.34. The molecule has 0 atom stereocenters. The van der Waals surface area contributed by atoms with Crippen LogP contribution in [0.3, 0.4) is 0 Å². The molecule has 0 unspecified atom stereocenters. The summed E-state index contributed by atoms with van der Waals surface area (Å²) in [6, 6.07) is 17.7. The normalized spacial score (nSPS) is 11.4. The van der Waals surface area contributed by atoms with Gasteiger partial charge >= 0.3 is 0 Å². The van der Waals surface area contributed by atoms with E-state index < -0.39 is 0 Å². The molecule has 1 N–H and O–H groups in total. The van der Waals surface area contributed by atoms with Crippen LogP contribution in [0.15, 0.2) is 71.4 Å². The van der Waals surface area contributed by atoms with Crippen LogP contribution in [0.25, 0.3) is 27.7 Å². The Balaban J connectivity index is 1.65. The minimum Gasteiger partial charge on any atom is -0.496 e. The number of aryl methyl sites for hydroxylation is 1. The monoisotopic (exact) mass is 499 g/mol. The van der Waals surface area contributed by atoms with E-state index in [1.165, 1.54) is 0 Å². The first kappa shape index (κ1) is 25.9. The van der Waals surface area contributed by atoms with Gasteiger partial charge in [0.1, 0.15) is 22.8 Å². The van der Waals surface area contributed by atoms with Crippen LogP contribution in [0.1, 0.15) is 30.5 Å². The predicted molar refractivity (Wildman–Crippen MR) is 147 cm³/mol. The summed E-state index contributed by atoms with van der Waals surface area (Å²) >= 11 is 0. The van der Waals surface area contributed by atoms with Crippen LogP contribution in [0, 0.1) is 6.92 Å². The average molecular weight is 500 g/mol. The standard InChI is InChI=1S/C31H33NO5/c1-6-36-30-21(3)31-25(26(19-37-31)23-12-8-10-14-28(23)35-5)18-24(30)20(2)17-29(33)32-16-15-22-11-7-9-13-27(22)34-4/h7-14,17-19H,6,15-16H2,1-5H3,(H,32,33)/b20-17+. The highest BCUT2D eigenvalue weighted by Gasteiger charge is 2.20. The van der Waals surface area contributed by atoms with E-state index >= 15 is 0 Å². The molecule has 6 nitrogen and oxygen atoms in total. The van der Waals surface area contributed by atoms with E-state index in [0.717, 1.165) is 55.9 Å². The molecule has 0 aliphatic rings. The van der Waals surface area contributed by atoms with Gasteiger partial charge in [-0.15, -0.1) is 0 Å². The van der Waals surface area contributed by atoms with E-state index in [1.54, 1.807) is 26.6 Å². The second-order valence-electron chi connectivity index (χ2n) is 8.72. The molecule has 3 aromatic carbocycles. The first-order chi connectivity index (χ1) is 18.0. The highest BCUT2D eigenvalue weighted by atomic mass is 16.5. The Labute approximate surface area is 217 Å². The lowest BCUT2D eigenvalue weighted by atomic mass is 9.96. The molecule has 0 aliphatic carbocycles. The maximum atomic E-state index is 12.8. The highest BCUT2D eigenvalue weighted by molar-refractivity contribution is 6.02. The smallest absolute Gasteiger partial charge is 0.244 e. The third-order valence-electron chi connectivity index (χ3n) is 6.39. The fourth-order valence-corrected chi connectivity index (χ4v) is 4.57. The number of hydrogen-bond acceptors (Lipinski definition) is 5. The number of carbonyl (C=O) groups excluding carboxylic acids is 1. The number of fused-ring (bicyclic) bond motifs is 1. The molecule has 37 heavy (non-hydrogen) atoms. The number of para-hydroxylation sites is 2. The van der Waals surface area contributed by atoms with Crippen molar-refractivity contribution in [2.75, 3.05) is 27.4 Å². The van der Waals surface area contributed by atoms with E-state index in [0.29, 0.717) is 25.3 Å². The third kappa shape index (κ3) is 5.48. The van der Waals surface area contributed by atoms with E-state index in [4.69, 9.17) is 18.6 Å². The van der Waals surface area contributed by atoms with Gasteiger partial charge in [-0.3, -0.25) is 4.79 Å². The van der Waals surface area contributed by atoms with Crippen molar-refractivity contribution >= 4 is 22.4 Å². The molecule has 0 bridgehead atoms. The first-order valence-corrected chi connectivity index (χ1v) is 12.4. The second kappa shape index (κ2) is 11.7. The first-order valence-electron chi connectivity index (χ1n) is 12.4. The molecule has 0 saturated carbocycles. The predicted octanol–water partition coefficient (Wildman–Crippen LogP) is 6.59. The van der Waals surface area contributed by atoms with Crippen LogP contribution in [-0.4, -0.2) is 33.3 Å². The minimum atomic E-state index is -0.162. The number of furan rings is 1. The van der Waals surface area contributed by atoms with E-state index in [1.807, 2.05) is 75.4 Å². The second-order valence-corrected chi connectivity index (χ2v) is 8.72. The van der Waals surface area contributed by atoms with E-state index in [2.05, 4.69) is 5.32 Å². The maximum Gasteiger partial charge on any atom is 0.244 e. The Kier molecular flexibility index (Phi) is 8.18. The number of amides is 1. The molecule has 0 aliphatic heterocycles. The lowest BCUT2D eigenvalue weighted by Crippen LogP contribution is -2.24. The number of methoxy groups -OCH3 is 2. The zero-order valence-electron chi connectivity index (χ0n) is 22.0. The quantitative estimate of drug-likeness (QED) is 0.249. The number of ether oxygens (including phenoxy) is 3. The number of benzene rings is 3.